The summed E-state index contributed by atoms with van der Waals surface area (Å²) in [6.45, 7) is 4.90. The molecule has 1 amide bonds. The van der Waals surface area contributed by atoms with E-state index in [1.54, 1.807) is 4.90 Å². The molecule has 7 nitrogen and oxygen atoms in total. The summed E-state index contributed by atoms with van der Waals surface area (Å²) in [5.74, 6) is 1.32. The van der Waals surface area contributed by atoms with Gasteiger partial charge < -0.3 is 10.6 Å². The molecule has 100 valence electrons. The second kappa shape index (κ2) is 4.83. The molecule has 1 aromatic heterocycles. The summed E-state index contributed by atoms with van der Waals surface area (Å²) in [5.41, 5.74) is 5.84. The highest BCUT2D eigenvalue weighted by Gasteiger charge is 2.34. The molecule has 1 unspecified atom stereocenters. The van der Waals surface area contributed by atoms with Crippen LogP contribution in [-0.2, 0) is 4.79 Å². The Morgan fingerprint density at radius 1 is 1.58 bits per heavy atom. The molecule has 1 atom stereocenters. The van der Waals surface area contributed by atoms with E-state index in [0.717, 1.165) is 22.4 Å². The number of amides is 1. The molecule has 3 rings (SSSR count). The zero-order valence-corrected chi connectivity index (χ0v) is 12.3. The highest BCUT2D eigenvalue weighted by molar-refractivity contribution is 14.2. The van der Waals surface area contributed by atoms with E-state index in [0.29, 0.717) is 12.4 Å². The molecule has 0 radical (unpaired) electrons. The van der Waals surface area contributed by atoms with Gasteiger partial charge in [-0.3, -0.25) is 4.79 Å². The Labute approximate surface area is 120 Å². The van der Waals surface area contributed by atoms with Crippen molar-refractivity contribution in [3.8, 4) is 0 Å². The van der Waals surface area contributed by atoms with Crippen LogP contribution in [0.2, 0.25) is 0 Å². The first kappa shape index (κ1) is 12.5. The first-order chi connectivity index (χ1) is 9.20. The molecule has 0 bridgehead atoms. The molecule has 2 N–H and O–H groups in total. The molecule has 0 saturated carbocycles. The van der Waals surface area contributed by atoms with Crippen molar-refractivity contribution in [2.24, 2.45) is 3.25 Å². The fourth-order valence-corrected chi connectivity index (χ4v) is 4.23. The molecule has 1 fully saturated rings. The van der Waals surface area contributed by atoms with Crippen molar-refractivity contribution in [1.82, 2.24) is 14.9 Å². The number of likely N-dealkylation sites (tertiary alicyclic amines) is 1. The molecular weight excluding hydrogens is 359 g/mol. The molecule has 0 aromatic carbocycles. The van der Waals surface area contributed by atoms with Gasteiger partial charge in [-0.15, -0.1) is 3.25 Å². The summed E-state index contributed by atoms with van der Waals surface area (Å²) in [5, 5.41) is 1.93. The molecule has 2 aliphatic rings. The minimum absolute atomic E-state index is 0.0289. The summed E-state index contributed by atoms with van der Waals surface area (Å²) in [6.07, 6.45) is 3.70. The van der Waals surface area contributed by atoms with Gasteiger partial charge in [-0.1, -0.05) is 6.58 Å². The van der Waals surface area contributed by atoms with Crippen LogP contribution in [-0.4, -0.2) is 39.9 Å². The Kier molecular flexibility index (Phi) is 3.17. The van der Waals surface area contributed by atoms with E-state index in [2.05, 4.69) is 19.8 Å². The molecule has 1 saturated heterocycles. The van der Waals surface area contributed by atoms with Crippen LogP contribution in [0.25, 0.3) is 0 Å². The second-order valence-corrected chi connectivity index (χ2v) is 6.32. The summed E-state index contributed by atoms with van der Waals surface area (Å²) in [6, 6.07) is 0.180. The van der Waals surface area contributed by atoms with Gasteiger partial charge in [0.05, 0.1) is 27.1 Å². The van der Waals surface area contributed by atoms with Crippen molar-refractivity contribution in [3.63, 3.8) is 0 Å². The Hall–Kier alpha value is -1.58. The number of nitrogens with two attached hydrogens (primary N) is 1. The minimum atomic E-state index is -0.514. The Bertz CT molecular complexity index is 574. The lowest BCUT2D eigenvalue weighted by Gasteiger charge is -2.21. The smallest absolute Gasteiger partial charge is 0.246 e. The molecule has 2 aliphatic heterocycles. The average Bonchev–Trinajstić information content (AvgIpc) is 3.04. The third-order valence-corrected chi connectivity index (χ3v) is 5.41. The van der Waals surface area contributed by atoms with Crippen molar-refractivity contribution in [3.05, 3.63) is 22.6 Å². The number of rotatable bonds is 2. The topological polar surface area (TPSA) is 87.7 Å². The zero-order chi connectivity index (χ0) is 13.4. The Morgan fingerprint density at radius 3 is 3.21 bits per heavy atom. The third kappa shape index (κ3) is 2.09. The lowest BCUT2D eigenvalue weighted by molar-refractivity contribution is -0.125. The van der Waals surface area contributed by atoms with Crippen molar-refractivity contribution in [2.45, 2.75) is 12.5 Å². The zero-order valence-electron chi connectivity index (χ0n) is 10.2. The van der Waals surface area contributed by atoms with Crippen molar-refractivity contribution in [2.75, 3.05) is 23.8 Å². The lowest BCUT2D eigenvalue weighted by Crippen LogP contribution is -2.35. The Balaban J connectivity index is 1.81. The summed E-state index contributed by atoms with van der Waals surface area (Å²) < 4.78 is 5.54. The standard InChI is InChI=1S/C11H13IN6O/c1-2-8(19)17-4-3-7(5-17)18-11-9(12-16-18)10(13)14-6-15-11/h2,6-7H,1,3-5H2,(H2,13,14,15). The number of halogens is 1. The first-order valence-corrected chi connectivity index (χ1v) is 7.91. The number of carbonyl (C=O) groups is 1. The van der Waals surface area contributed by atoms with Gasteiger partial charge in [0, 0.05) is 13.1 Å². The number of aromatic nitrogens is 2. The number of nitrogen functional groups attached to an aromatic ring is 1. The lowest BCUT2D eigenvalue weighted by atomic mass is 10.2. The maximum absolute atomic E-state index is 11.6. The number of hydrogen-bond acceptors (Lipinski definition) is 6. The van der Waals surface area contributed by atoms with E-state index in [9.17, 15) is 4.79 Å². The Morgan fingerprint density at radius 2 is 2.42 bits per heavy atom. The largest absolute Gasteiger partial charge is 0.383 e. The summed E-state index contributed by atoms with van der Waals surface area (Å²) in [7, 11) is 0. The van der Waals surface area contributed by atoms with E-state index in [1.165, 1.54) is 12.4 Å². The molecule has 1 aromatic rings. The number of hydrogen-bond donors (Lipinski definition) is 1. The first-order valence-electron chi connectivity index (χ1n) is 5.87. The van der Waals surface area contributed by atoms with Crippen LogP contribution in [0.1, 0.15) is 6.42 Å². The predicted molar refractivity (Wildman–Crippen MR) is 79.3 cm³/mol. The van der Waals surface area contributed by atoms with E-state index in [-0.39, 0.29) is 11.9 Å². The van der Waals surface area contributed by atoms with Gasteiger partial charge in [-0.05, 0) is 12.5 Å². The second-order valence-electron chi connectivity index (χ2n) is 4.33. The molecule has 19 heavy (non-hydrogen) atoms. The van der Waals surface area contributed by atoms with Gasteiger partial charge in [-0.25, -0.2) is 15.0 Å². The van der Waals surface area contributed by atoms with E-state index < -0.39 is 21.0 Å². The maximum Gasteiger partial charge on any atom is 0.246 e. The number of carbonyl (C=O) groups excluding carboxylic acids is 1. The monoisotopic (exact) mass is 372 g/mol. The van der Waals surface area contributed by atoms with Crippen molar-refractivity contribution in [1.29, 1.82) is 0 Å². The van der Waals surface area contributed by atoms with Crippen LogP contribution in [0.15, 0.2) is 22.2 Å². The highest BCUT2D eigenvalue weighted by Crippen LogP contribution is 2.38. The van der Waals surface area contributed by atoms with Gasteiger partial charge in [0.1, 0.15) is 15.7 Å². The van der Waals surface area contributed by atoms with Gasteiger partial charge in [0.25, 0.3) is 0 Å². The van der Waals surface area contributed by atoms with Gasteiger partial charge in [0.15, 0.2) is 5.82 Å². The van der Waals surface area contributed by atoms with E-state index in [4.69, 9.17) is 5.73 Å². The average molecular weight is 372 g/mol. The third-order valence-electron chi connectivity index (χ3n) is 3.21. The van der Waals surface area contributed by atoms with Crippen LogP contribution in [0.4, 0.5) is 11.6 Å². The number of anilines is 2. The van der Waals surface area contributed by atoms with E-state index in [1.807, 2.05) is 5.01 Å². The van der Waals surface area contributed by atoms with Crippen molar-refractivity contribution < 1.29 is 4.79 Å². The quantitative estimate of drug-likeness (QED) is 0.616. The SMILES string of the molecule is C=CC(=O)N1CCC(N2N=Ic3c(N)ncnc32)C1. The molecule has 8 heteroatoms. The molecule has 0 spiro atoms. The summed E-state index contributed by atoms with van der Waals surface area (Å²) in [4.78, 5) is 21.7. The highest BCUT2D eigenvalue weighted by atomic mass is 127. The maximum atomic E-state index is 11.6. The molecule has 3 heterocycles. The van der Waals surface area contributed by atoms with Crippen LogP contribution in [0, 0.1) is 3.57 Å². The normalized spacial score (nSPS) is 21.2. The van der Waals surface area contributed by atoms with Crippen LogP contribution in [0.3, 0.4) is 0 Å². The van der Waals surface area contributed by atoms with E-state index >= 15 is 0 Å². The molecule has 0 aliphatic carbocycles. The van der Waals surface area contributed by atoms with Crippen LogP contribution >= 0.6 is 21.0 Å². The van der Waals surface area contributed by atoms with Gasteiger partial charge in [0.2, 0.25) is 5.91 Å². The number of nitrogens with zero attached hydrogens (tertiary/aromatic N) is 5. The number of fused-ring (bicyclic) bond motifs is 1. The predicted octanol–water partition coefficient (Wildman–Crippen LogP) is 0.905. The van der Waals surface area contributed by atoms with Crippen LogP contribution in [0.5, 0.6) is 0 Å². The van der Waals surface area contributed by atoms with Crippen molar-refractivity contribution >= 4 is 38.6 Å². The molecular formula is C11H13IN6O. The van der Waals surface area contributed by atoms with Crippen LogP contribution < -0.4 is 10.7 Å². The van der Waals surface area contributed by atoms with Gasteiger partial charge >= 0.3 is 0 Å². The minimum Gasteiger partial charge on any atom is -0.383 e. The fourth-order valence-electron chi connectivity index (χ4n) is 2.23. The van der Waals surface area contributed by atoms with Gasteiger partial charge in [-0.2, -0.15) is 0 Å². The fraction of sp³-hybridized carbons (Fsp3) is 0.364. The summed E-state index contributed by atoms with van der Waals surface area (Å²) >= 11 is -0.514.